The summed E-state index contributed by atoms with van der Waals surface area (Å²) in [6.07, 6.45) is 0.731. The van der Waals surface area contributed by atoms with E-state index in [1.165, 1.54) is 6.07 Å². The van der Waals surface area contributed by atoms with Crippen LogP contribution in [0.2, 0.25) is 0 Å². The standard InChI is InChI=1S/C15H25FN2O2/c1-11(10-19)18(3)9-8-13(17-2)15-12(16)6-5-7-14(15)20-4/h5-7,11,13,17,19H,8-10H2,1-4H3. The highest BCUT2D eigenvalue weighted by molar-refractivity contribution is 5.37. The molecule has 0 fully saturated rings. The molecule has 0 aliphatic carbocycles. The smallest absolute Gasteiger partial charge is 0.131 e. The van der Waals surface area contributed by atoms with E-state index in [0.29, 0.717) is 11.3 Å². The maximum atomic E-state index is 14.0. The number of nitrogens with one attached hydrogen (secondary N) is 1. The highest BCUT2D eigenvalue weighted by atomic mass is 19.1. The van der Waals surface area contributed by atoms with Crippen molar-refractivity contribution in [1.82, 2.24) is 10.2 Å². The van der Waals surface area contributed by atoms with Crippen LogP contribution >= 0.6 is 0 Å². The van der Waals surface area contributed by atoms with Gasteiger partial charge in [0.2, 0.25) is 0 Å². The van der Waals surface area contributed by atoms with E-state index in [9.17, 15) is 4.39 Å². The lowest BCUT2D eigenvalue weighted by Gasteiger charge is -2.26. The van der Waals surface area contributed by atoms with Gasteiger partial charge < -0.3 is 20.1 Å². The summed E-state index contributed by atoms with van der Waals surface area (Å²) in [6.45, 7) is 2.83. The molecule has 0 radical (unpaired) electrons. The number of ether oxygens (including phenoxy) is 1. The molecule has 0 spiro atoms. The lowest BCUT2D eigenvalue weighted by molar-refractivity contribution is 0.154. The predicted octanol–water partition coefficient (Wildman–Crippen LogP) is 1.80. The molecular weight excluding hydrogens is 259 g/mol. The number of aliphatic hydroxyl groups excluding tert-OH is 1. The van der Waals surface area contributed by atoms with E-state index in [1.54, 1.807) is 19.2 Å². The largest absolute Gasteiger partial charge is 0.496 e. The van der Waals surface area contributed by atoms with Crippen LogP contribution in [0.3, 0.4) is 0 Å². The van der Waals surface area contributed by atoms with Crippen LogP contribution in [0.1, 0.15) is 24.9 Å². The molecule has 0 amide bonds. The number of nitrogens with zero attached hydrogens (tertiary/aromatic N) is 1. The van der Waals surface area contributed by atoms with E-state index >= 15 is 0 Å². The van der Waals surface area contributed by atoms with Crippen LogP contribution in [0, 0.1) is 5.82 Å². The minimum Gasteiger partial charge on any atom is -0.496 e. The summed E-state index contributed by atoms with van der Waals surface area (Å²) in [5.74, 6) is 0.295. The minimum atomic E-state index is -0.262. The summed E-state index contributed by atoms with van der Waals surface area (Å²) in [5.41, 5.74) is 0.558. The fourth-order valence-corrected chi connectivity index (χ4v) is 2.16. The molecule has 0 heterocycles. The molecule has 2 N–H and O–H groups in total. The van der Waals surface area contributed by atoms with Gasteiger partial charge in [-0.15, -0.1) is 0 Å². The monoisotopic (exact) mass is 284 g/mol. The molecule has 0 aliphatic heterocycles. The highest BCUT2D eigenvalue weighted by Crippen LogP contribution is 2.29. The second kappa shape index (κ2) is 8.19. The van der Waals surface area contributed by atoms with Gasteiger partial charge in [0.15, 0.2) is 0 Å². The molecule has 1 aromatic carbocycles. The van der Waals surface area contributed by atoms with Crippen LogP contribution in [0.25, 0.3) is 0 Å². The summed E-state index contributed by atoms with van der Waals surface area (Å²) in [4.78, 5) is 2.05. The number of methoxy groups -OCH3 is 1. The number of aliphatic hydroxyl groups is 1. The first-order valence-corrected chi connectivity index (χ1v) is 6.85. The third-order valence-corrected chi connectivity index (χ3v) is 3.72. The summed E-state index contributed by atoms with van der Waals surface area (Å²) < 4.78 is 19.3. The minimum absolute atomic E-state index is 0.0926. The van der Waals surface area contributed by atoms with Crippen LogP contribution in [-0.2, 0) is 0 Å². The lowest BCUT2D eigenvalue weighted by Crippen LogP contribution is -2.34. The van der Waals surface area contributed by atoms with Gasteiger partial charge in [-0.05, 0) is 39.6 Å². The number of rotatable bonds is 8. The Labute approximate surface area is 120 Å². The fourth-order valence-electron chi connectivity index (χ4n) is 2.16. The first-order valence-electron chi connectivity index (χ1n) is 6.85. The first-order chi connectivity index (χ1) is 9.54. The van der Waals surface area contributed by atoms with E-state index in [2.05, 4.69) is 10.2 Å². The zero-order valence-electron chi connectivity index (χ0n) is 12.7. The fraction of sp³-hybridized carbons (Fsp3) is 0.600. The molecule has 0 aliphatic rings. The zero-order chi connectivity index (χ0) is 15.1. The van der Waals surface area contributed by atoms with Crippen LogP contribution in [0.15, 0.2) is 18.2 Å². The van der Waals surface area contributed by atoms with E-state index in [0.717, 1.165) is 13.0 Å². The quantitative estimate of drug-likeness (QED) is 0.764. The maximum absolute atomic E-state index is 14.0. The van der Waals surface area contributed by atoms with Gasteiger partial charge in [0.1, 0.15) is 11.6 Å². The molecule has 0 aromatic heterocycles. The average Bonchev–Trinajstić information content (AvgIpc) is 2.47. The van der Waals surface area contributed by atoms with Gasteiger partial charge in [-0.2, -0.15) is 0 Å². The normalized spacial score (nSPS) is 14.3. The molecule has 4 nitrogen and oxygen atoms in total. The summed E-state index contributed by atoms with van der Waals surface area (Å²) >= 11 is 0. The Morgan fingerprint density at radius 3 is 2.70 bits per heavy atom. The Balaban J connectivity index is 2.81. The second-order valence-electron chi connectivity index (χ2n) is 5.00. The van der Waals surface area contributed by atoms with Gasteiger partial charge in [0.05, 0.1) is 13.7 Å². The second-order valence-corrected chi connectivity index (χ2v) is 5.00. The molecule has 0 saturated heterocycles. The van der Waals surface area contributed by atoms with Gasteiger partial charge >= 0.3 is 0 Å². The van der Waals surface area contributed by atoms with Crippen LogP contribution in [0.4, 0.5) is 4.39 Å². The third-order valence-electron chi connectivity index (χ3n) is 3.72. The Kier molecular flexibility index (Phi) is 6.91. The van der Waals surface area contributed by atoms with Gasteiger partial charge in [-0.3, -0.25) is 0 Å². The van der Waals surface area contributed by atoms with Crippen LogP contribution in [0.5, 0.6) is 5.75 Å². The predicted molar refractivity (Wildman–Crippen MR) is 78.5 cm³/mol. The van der Waals surface area contributed by atoms with E-state index in [-0.39, 0.29) is 24.5 Å². The topological polar surface area (TPSA) is 44.7 Å². The van der Waals surface area contributed by atoms with Gasteiger partial charge in [-0.25, -0.2) is 4.39 Å². The summed E-state index contributed by atoms with van der Waals surface area (Å²) in [6, 6.07) is 4.82. The SMILES string of the molecule is CNC(CCN(C)C(C)CO)c1c(F)cccc1OC. The van der Waals surface area contributed by atoms with Crippen molar-refractivity contribution < 1.29 is 14.2 Å². The Hall–Kier alpha value is -1.17. The molecule has 20 heavy (non-hydrogen) atoms. The summed E-state index contributed by atoms with van der Waals surface area (Å²) in [7, 11) is 5.31. The Bertz CT molecular complexity index is 415. The molecule has 1 aromatic rings. The number of likely N-dealkylation sites (N-methyl/N-ethyl adjacent to an activating group) is 1. The van der Waals surface area contributed by atoms with Crippen molar-refractivity contribution >= 4 is 0 Å². The summed E-state index contributed by atoms with van der Waals surface area (Å²) in [5, 5.41) is 12.3. The third kappa shape index (κ3) is 4.16. The number of halogens is 1. The molecule has 1 rings (SSSR count). The van der Waals surface area contributed by atoms with E-state index in [4.69, 9.17) is 9.84 Å². The maximum Gasteiger partial charge on any atom is 0.131 e. The highest BCUT2D eigenvalue weighted by Gasteiger charge is 2.20. The molecule has 0 saturated carbocycles. The molecular formula is C15H25FN2O2. The van der Waals surface area contributed by atoms with Gasteiger partial charge in [0.25, 0.3) is 0 Å². The lowest BCUT2D eigenvalue weighted by atomic mass is 10.0. The average molecular weight is 284 g/mol. The molecule has 0 bridgehead atoms. The van der Waals surface area contributed by atoms with Crippen molar-refractivity contribution in [3.63, 3.8) is 0 Å². The van der Waals surface area contributed by atoms with Crippen molar-refractivity contribution in [2.75, 3.05) is 34.4 Å². The van der Waals surface area contributed by atoms with Crippen LogP contribution < -0.4 is 10.1 Å². The zero-order valence-corrected chi connectivity index (χ0v) is 12.7. The van der Waals surface area contributed by atoms with Crippen LogP contribution in [-0.4, -0.2) is 50.4 Å². The number of hydrogen-bond acceptors (Lipinski definition) is 4. The number of hydrogen-bond donors (Lipinski definition) is 2. The number of benzene rings is 1. The van der Waals surface area contributed by atoms with Crippen molar-refractivity contribution in [3.8, 4) is 5.75 Å². The van der Waals surface area contributed by atoms with Gasteiger partial charge in [0, 0.05) is 24.2 Å². The molecule has 2 atom stereocenters. The Morgan fingerprint density at radius 1 is 1.45 bits per heavy atom. The van der Waals surface area contributed by atoms with Crippen molar-refractivity contribution in [3.05, 3.63) is 29.6 Å². The van der Waals surface area contributed by atoms with Crippen molar-refractivity contribution in [2.24, 2.45) is 0 Å². The first kappa shape index (κ1) is 16.9. The van der Waals surface area contributed by atoms with Gasteiger partial charge in [-0.1, -0.05) is 6.07 Å². The van der Waals surface area contributed by atoms with Crippen molar-refractivity contribution in [1.29, 1.82) is 0 Å². The van der Waals surface area contributed by atoms with Crippen molar-refractivity contribution in [2.45, 2.75) is 25.4 Å². The molecule has 2 unspecified atom stereocenters. The molecule has 114 valence electrons. The van der Waals surface area contributed by atoms with E-state index in [1.807, 2.05) is 21.0 Å². The Morgan fingerprint density at radius 2 is 2.15 bits per heavy atom. The molecule has 5 heteroatoms. The van der Waals surface area contributed by atoms with E-state index < -0.39 is 0 Å².